The number of esters is 1. The second-order valence-electron chi connectivity index (χ2n) is 7.34. The SMILES string of the molecule is C=CCOC(=O)c1sc(NC(=O)CN2C(=O)C(C)(C)Oc3ccc(C)cc32)nc1C. The fourth-order valence-electron chi connectivity index (χ4n) is 2.98. The third kappa shape index (κ3) is 4.35. The average Bonchev–Trinajstić information content (AvgIpc) is 3.04. The molecular weight excluding hydrogens is 406 g/mol. The molecule has 1 aliphatic heterocycles. The minimum atomic E-state index is -1.09. The number of amides is 2. The number of aryl methyl sites for hydroxylation is 2. The summed E-state index contributed by atoms with van der Waals surface area (Å²) in [5.74, 6) is -0.747. The predicted octanol–water partition coefficient (Wildman–Crippen LogP) is 3.25. The molecule has 1 aromatic heterocycles. The van der Waals surface area contributed by atoms with Crippen LogP contribution in [0.4, 0.5) is 10.8 Å². The van der Waals surface area contributed by atoms with Gasteiger partial charge in [0.15, 0.2) is 10.7 Å². The largest absolute Gasteiger partial charge is 0.476 e. The number of aromatic nitrogens is 1. The maximum atomic E-state index is 12.9. The van der Waals surface area contributed by atoms with Gasteiger partial charge in [-0.05, 0) is 45.4 Å². The molecule has 1 aliphatic rings. The lowest BCUT2D eigenvalue weighted by Crippen LogP contribution is -2.54. The topological polar surface area (TPSA) is 97.8 Å². The minimum Gasteiger partial charge on any atom is -0.476 e. The Hall–Kier alpha value is -3.20. The van der Waals surface area contributed by atoms with Crippen molar-refractivity contribution in [2.24, 2.45) is 0 Å². The van der Waals surface area contributed by atoms with Crippen molar-refractivity contribution in [2.75, 3.05) is 23.4 Å². The number of nitrogens with zero attached hydrogens (tertiary/aromatic N) is 2. The summed E-state index contributed by atoms with van der Waals surface area (Å²) in [7, 11) is 0. The van der Waals surface area contributed by atoms with Gasteiger partial charge in [-0.15, -0.1) is 0 Å². The van der Waals surface area contributed by atoms with Crippen molar-refractivity contribution < 1.29 is 23.9 Å². The highest BCUT2D eigenvalue weighted by molar-refractivity contribution is 7.17. The molecule has 1 aromatic carbocycles. The van der Waals surface area contributed by atoms with Crippen LogP contribution in [0, 0.1) is 13.8 Å². The number of benzene rings is 1. The standard InChI is InChI=1S/C21H23N3O5S/c1-6-9-28-18(26)17-13(3)22-20(30-17)23-16(25)11-24-14-10-12(2)7-8-15(14)29-21(4,5)19(24)27/h6-8,10H,1,9,11H2,2-5H3,(H,22,23,25). The van der Waals surface area contributed by atoms with Gasteiger partial charge < -0.3 is 14.8 Å². The van der Waals surface area contributed by atoms with E-state index >= 15 is 0 Å². The van der Waals surface area contributed by atoms with Gasteiger partial charge in [0.05, 0.1) is 11.4 Å². The molecule has 8 nitrogen and oxygen atoms in total. The predicted molar refractivity (Wildman–Crippen MR) is 114 cm³/mol. The summed E-state index contributed by atoms with van der Waals surface area (Å²) in [5, 5.41) is 2.92. The van der Waals surface area contributed by atoms with Gasteiger partial charge in [-0.3, -0.25) is 14.5 Å². The van der Waals surface area contributed by atoms with Gasteiger partial charge in [0.2, 0.25) is 5.91 Å². The number of hydrogen-bond donors (Lipinski definition) is 1. The Morgan fingerprint density at radius 1 is 1.37 bits per heavy atom. The summed E-state index contributed by atoms with van der Waals surface area (Å²) in [6.45, 7) is 10.3. The Balaban J connectivity index is 1.78. The molecule has 0 aliphatic carbocycles. The van der Waals surface area contributed by atoms with Gasteiger partial charge in [0.25, 0.3) is 5.91 Å². The first-order chi connectivity index (χ1) is 14.1. The summed E-state index contributed by atoms with van der Waals surface area (Å²) in [5.41, 5.74) is 0.837. The maximum Gasteiger partial charge on any atom is 0.350 e. The second kappa shape index (κ2) is 8.27. The number of rotatable bonds is 6. The zero-order chi connectivity index (χ0) is 22.1. The van der Waals surface area contributed by atoms with E-state index in [0.717, 1.165) is 16.9 Å². The van der Waals surface area contributed by atoms with Crippen molar-refractivity contribution in [2.45, 2.75) is 33.3 Å². The molecule has 0 atom stereocenters. The molecular formula is C21H23N3O5S. The van der Waals surface area contributed by atoms with Crippen LogP contribution in [0.2, 0.25) is 0 Å². The van der Waals surface area contributed by atoms with E-state index in [-0.39, 0.29) is 24.2 Å². The van der Waals surface area contributed by atoms with Crippen molar-refractivity contribution in [3.05, 3.63) is 47.0 Å². The minimum absolute atomic E-state index is 0.0889. The van der Waals surface area contributed by atoms with Crippen LogP contribution in [0.1, 0.15) is 34.8 Å². The zero-order valence-electron chi connectivity index (χ0n) is 17.3. The van der Waals surface area contributed by atoms with Crippen LogP contribution >= 0.6 is 11.3 Å². The number of thiazole rings is 1. The second-order valence-corrected chi connectivity index (χ2v) is 8.34. The van der Waals surface area contributed by atoms with Crippen LogP contribution < -0.4 is 15.0 Å². The van der Waals surface area contributed by atoms with Gasteiger partial charge in [0.1, 0.15) is 23.8 Å². The Labute approximate surface area is 178 Å². The number of fused-ring (bicyclic) bond motifs is 1. The molecule has 3 rings (SSSR count). The first-order valence-corrected chi connectivity index (χ1v) is 10.1. The normalized spacial score (nSPS) is 14.5. The third-order valence-corrected chi connectivity index (χ3v) is 5.45. The van der Waals surface area contributed by atoms with E-state index in [2.05, 4.69) is 16.9 Å². The quantitative estimate of drug-likeness (QED) is 0.559. The molecule has 0 saturated heterocycles. The Morgan fingerprint density at radius 3 is 2.80 bits per heavy atom. The number of anilines is 2. The molecule has 0 bridgehead atoms. The van der Waals surface area contributed by atoms with Crippen LogP contribution in [0.15, 0.2) is 30.9 Å². The molecule has 2 amide bonds. The van der Waals surface area contributed by atoms with E-state index in [9.17, 15) is 14.4 Å². The number of nitrogens with one attached hydrogen (secondary N) is 1. The van der Waals surface area contributed by atoms with E-state index < -0.39 is 17.5 Å². The Morgan fingerprint density at radius 2 is 2.10 bits per heavy atom. The number of carbonyl (C=O) groups is 3. The van der Waals surface area contributed by atoms with Crippen molar-refractivity contribution in [1.82, 2.24) is 4.98 Å². The molecule has 0 radical (unpaired) electrons. The van der Waals surface area contributed by atoms with Crippen LogP contribution in [0.25, 0.3) is 0 Å². The molecule has 2 aromatic rings. The highest BCUT2D eigenvalue weighted by atomic mass is 32.1. The van der Waals surface area contributed by atoms with Crippen molar-refractivity contribution in [3.8, 4) is 5.75 Å². The molecule has 1 N–H and O–H groups in total. The smallest absolute Gasteiger partial charge is 0.350 e. The number of carbonyl (C=O) groups excluding carboxylic acids is 3. The summed E-state index contributed by atoms with van der Waals surface area (Å²) in [6, 6.07) is 5.47. The highest BCUT2D eigenvalue weighted by Crippen LogP contribution is 2.38. The molecule has 0 unspecified atom stereocenters. The summed E-state index contributed by atoms with van der Waals surface area (Å²) in [6.07, 6.45) is 1.47. The third-order valence-electron chi connectivity index (χ3n) is 4.39. The monoisotopic (exact) mass is 429 g/mol. The van der Waals surface area contributed by atoms with E-state index in [1.807, 2.05) is 13.0 Å². The van der Waals surface area contributed by atoms with Crippen LogP contribution in [-0.4, -0.2) is 41.5 Å². The lowest BCUT2D eigenvalue weighted by molar-refractivity contribution is -0.133. The molecule has 0 spiro atoms. The van der Waals surface area contributed by atoms with Crippen LogP contribution in [-0.2, 0) is 14.3 Å². The summed E-state index contributed by atoms with van der Waals surface area (Å²) >= 11 is 1.02. The first-order valence-electron chi connectivity index (χ1n) is 9.29. The fraction of sp³-hybridized carbons (Fsp3) is 0.333. The van der Waals surface area contributed by atoms with Crippen molar-refractivity contribution in [1.29, 1.82) is 0 Å². The molecule has 9 heteroatoms. The molecule has 0 fully saturated rings. The number of hydrogen-bond acceptors (Lipinski definition) is 7. The lowest BCUT2D eigenvalue weighted by atomic mass is 10.0. The number of ether oxygens (including phenoxy) is 2. The molecule has 2 heterocycles. The van der Waals surface area contributed by atoms with E-state index in [4.69, 9.17) is 9.47 Å². The van der Waals surface area contributed by atoms with E-state index in [0.29, 0.717) is 22.0 Å². The maximum absolute atomic E-state index is 12.9. The zero-order valence-corrected chi connectivity index (χ0v) is 18.1. The van der Waals surface area contributed by atoms with Crippen molar-refractivity contribution >= 4 is 39.9 Å². The van der Waals surface area contributed by atoms with E-state index in [1.54, 1.807) is 32.9 Å². The average molecular weight is 429 g/mol. The summed E-state index contributed by atoms with van der Waals surface area (Å²) < 4.78 is 10.8. The van der Waals surface area contributed by atoms with E-state index in [1.165, 1.54) is 11.0 Å². The lowest BCUT2D eigenvalue weighted by Gasteiger charge is -2.38. The molecule has 30 heavy (non-hydrogen) atoms. The Bertz CT molecular complexity index is 1030. The van der Waals surface area contributed by atoms with Gasteiger partial charge in [-0.25, -0.2) is 9.78 Å². The molecule has 158 valence electrons. The van der Waals surface area contributed by atoms with Gasteiger partial charge in [-0.1, -0.05) is 30.1 Å². The van der Waals surface area contributed by atoms with Gasteiger partial charge in [-0.2, -0.15) is 0 Å². The summed E-state index contributed by atoms with van der Waals surface area (Å²) in [4.78, 5) is 43.5. The van der Waals surface area contributed by atoms with Crippen LogP contribution in [0.5, 0.6) is 5.75 Å². The van der Waals surface area contributed by atoms with Gasteiger partial charge >= 0.3 is 5.97 Å². The van der Waals surface area contributed by atoms with Crippen LogP contribution in [0.3, 0.4) is 0 Å². The Kier molecular flexibility index (Phi) is 5.93. The van der Waals surface area contributed by atoms with Gasteiger partial charge in [0, 0.05) is 0 Å². The van der Waals surface area contributed by atoms with Crippen molar-refractivity contribution in [3.63, 3.8) is 0 Å². The molecule has 0 saturated carbocycles. The fourth-order valence-corrected chi connectivity index (χ4v) is 3.85. The first kappa shape index (κ1) is 21.5. The highest BCUT2D eigenvalue weighted by Gasteiger charge is 2.41.